The largest absolute Gasteiger partial charge is 0.375 e. The molecule has 0 N–H and O–H groups in total. The van der Waals surface area contributed by atoms with Gasteiger partial charge in [-0.1, -0.05) is 55.0 Å². The van der Waals surface area contributed by atoms with Gasteiger partial charge in [-0.2, -0.15) is 0 Å². The van der Waals surface area contributed by atoms with Gasteiger partial charge in [-0.3, -0.25) is 4.79 Å². The fourth-order valence-electron chi connectivity index (χ4n) is 3.55. The highest BCUT2D eigenvalue weighted by molar-refractivity contribution is 6.07. The van der Waals surface area contributed by atoms with Gasteiger partial charge in [-0.05, 0) is 25.5 Å². The second kappa shape index (κ2) is 7.49. The van der Waals surface area contributed by atoms with Crippen molar-refractivity contribution in [2.45, 2.75) is 26.4 Å². The number of morpholine rings is 1. The number of carbonyl (C=O) groups is 1. The maximum Gasteiger partial charge on any atom is 0.254 e. The Morgan fingerprint density at radius 1 is 1.19 bits per heavy atom. The standard InChI is InChI=1S/C23H24N2O2/c1-3-18-15-25(12-13-27-18)23(26)20-14-22(17-10-8-16(2)9-11-17)24-21-7-5-4-6-19(20)21/h4-11,14,18H,3,12-13,15H2,1-2H3. The van der Waals surface area contributed by atoms with E-state index in [1.807, 2.05) is 35.2 Å². The predicted molar refractivity (Wildman–Crippen MR) is 108 cm³/mol. The summed E-state index contributed by atoms with van der Waals surface area (Å²) < 4.78 is 5.73. The summed E-state index contributed by atoms with van der Waals surface area (Å²) in [6.07, 6.45) is 1.03. The van der Waals surface area contributed by atoms with Crippen LogP contribution in [0.1, 0.15) is 29.3 Å². The summed E-state index contributed by atoms with van der Waals surface area (Å²) in [5, 5.41) is 0.901. The monoisotopic (exact) mass is 360 g/mol. The van der Waals surface area contributed by atoms with Crippen molar-refractivity contribution in [1.82, 2.24) is 9.88 Å². The number of hydrogen-bond donors (Lipinski definition) is 0. The number of fused-ring (bicyclic) bond motifs is 1. The molecule has 4 nitrogen and oxygen atoms in total. The van der Waals surface area contributed by atoms with Crippen LogP contribution in [0.25, 0.3) is 22.2 Å². The fourth-order valence-corrected chi connectivity index (χ4v) is 3.55. The average Bonchev–Trinajstić information content (AvgIpc) is 2.73. The number of amides is 1. The van der Waals surface area contributed by atoms with Crippen molar-refractivity contribution in [2.24, 2.45) is 0 Å². The number of benzene rings is 2. The Balaban J connectivity index is 1.78. The van der Waals surface area contributed by atoms with E-state index in [4.69, 9.17) is 9.72 Å². The van der Waals surface area contributed by atoms with Crippen LogP contribution in [-0.2, 0) is 4.74 Å². The lowest BCUT2D eigenvalue weighted by molar-refractivity contribution is -0.0225. The normalized spacial score (nSPS) is 17.3. The molecule has 138 valence electrons. The summed E-state index contributed by atoms with van der Waals surface area (Å²) in [5.41, 5.74) is 4.62. The molecule has 0 aliphatic carbocycles. The lowest BCUT2D eigenvalue weighted by atomic mass is 10.0. The zero-order valence-corrected chi connectivity index (χ0v) is 15.8. The third kappa shape index (κ3) is 3.58. The number of carbonyl (C=O) groups excluding carboxylic acids is 1. The Kier molecular flexibility index (Phi) is 4.90. The molecule has 1 aromatic heterocycles. The SMILES string of the molecule is CCC1CN(C(=O)c2cc(-c3ccc(C)cc3)nc3ccccc23)CCO1. The number of aromatic nitrogens is 1. The molecular weight excluding hydrogens is 336 g/mol. The minimum atomic E-state index is 0.0590. The maximum atomic E-state index is 13.4. The minimum Gasteiger partial charge on any atom is -0.375 e. The van der Waals surface area contributed by atoms with Crippen molar-refractivity contribution in [3.05, 3.63) is 65.7 Å². The first-order valence-electron chi connectivity index (χ1n) is 9.53. The first-order chi connectivity index (χ1) is 13.2. The van der Waals surface area contributed by atoms with Gasteiger partial charge in [0, 0.05) is 24.0 Å². The lowest BCUT2D eigenvalue weighted by Gasteiger charge is -2.32. The molecular formula is C23H24N2O2. The van der Waals surface area contributed by atoms with Crippen LogP contribution in [0, 0.1) is 6.92 Å². The van der Waals surface area contributed by atoms with Crippen LogP contribution in [0.5, 0.6) is 0 Å². The smallest absolute Gasteiger partial charge is 0.254 e. The Morgan fingerprint density at radius 3 is 2.74 bits per heavy atom. The van der Waals surface area contributed by atoms with Crippen molar-refractivity contribution in [2.75, 3.05) is 19.7 Å². The van der Waals surface area contributed by atoms with Crippen molar-refractivity contribution in [1.29, 1.82) is 0 Å². The average molecular weight is 360 g/mol. The summed E-state index contributed by atoms with van der Waals surface area (Å²) in [6, 6.07) is 18.1. The highest BCUT2D eigenvalue weighted by Crippen LogP contribution is 2.26. The van der Waals surface area contributed by atoms with Gasteiger partial charge < -0.3 is 9.64 Å². The summed E-state index contributed by atoms with van der Waals surface area (Å²) in [6.45, 7) is 6.03. The summed E-state index contributed by atoms with van der Waals surface area (Å²) in [4.78, 5) is 20.1. The third-order valence-electron chi connectivity index (χ3n) is 5.18. The summed E-state index contributed by atoms with van der Waals surface area (Å²) in [7, 11) is 0. The first kappa shape index (κ1) is 17.7. The number of rotatable bonds is 3. The molecule has 1 unspecified atom stereocenters. The van der Waals surface area contributed by atoms with E-state index in [2.05, 4.69) is 38.1 Å². The van der Waals surface area contributed by atoms with Crippen LogP contribution in [-0.4, -0.2) is 41.6 Å². The first-order valence-corrected chi connectivity index (χ1v) is 9.53. The van der Waals surface area contributed by atoms with E-state index in [-0.39, 0.29) is 12.0 Å². The molecule has 1 amide bonds. The molecule has 2 aromatic carbocycles. The number of aryl methyl sites for hydroxylation is 1. The summed E-state index contributed by atoms with van der Waals surface area (Å²) >= 11 is 0. The molecule has 1 atom stereocenters. The summed E-state index contributed by atoms with van der Waals surface area (Å²) in [5.74, 6) is 0.0590. The topological polar surface area (TPSA) is 42.4 Å². The van der Waals surface area contributed by atoms with E-state index in [0.717, 1.165) is 28.6 Å². The van der Waals surface area contributed by atoms with Gasteiger partial charge in [0.1, 0.15) is 0 Å². The minimum absolute atomic E-state index is 0.0590. The van der Waals surface area contributed by atoms with Gasteiger partial charge in [0.2, 0.25) is 0 Å². The molecule has 0 saturated carbocycles. The van der Waals surface area contributed by atoms with Crippen molar-refractivity contribution in [3.8, 4) is 11.3 Å². The molecule has 4 heteroatoms. The van der Waals surface area contributed by atoms with Crippen LogP contribution in [0.2, 0.25) is 0 Å². The van der Waals surface area contributed by atoms with Crippen LogP contribution < -0.4 is 0 Å². The van der Waals surface area contributed by atoms with Crippen LogP contribution in [0.15, 0.2) is 54.6 Å². The van der Waals surface area contributed by atoms with Gasteiger partial charge in [0.25, 0.3) is 5.91 Å². The van der Waals surface area contributed by atoms with E-state index in [1.54, 1.807) is 0 Å². The highest BCUT2D eigenvalue weighted by atomic mass is 16.5. The number of hydrogen-bond acceptors (Lipinski definition) is 3. The second-order valence-electron chi connectivity index (χ2n) is 7.09. The van der Waals surface area contributed by atoms with Gasteiger partial charge in [-0.25, -0.2) is 4.98 Å². The number of pyridine rings is 1. The highest BCUT2D eigenvalue weighted by Gasteiger charge is 2.25. The third-order valence-corrected chi connectivity index (χ3v) is 5.18. The van der Waals surface area contributed by atoms with E-state index in [0.29, 0.717) is 25.3 Å². The maximum absolute atomic E-state index is 13.4. The fraction of sp³-hybridized carbons (Fsp3) is 0.304. The second-order valence-corrected chi connectivity index (χ2v) is 7.09. The van der Waals surface area contributed by atoms with Gasteiger partial charge in [0.15, 0.2) is 0 Å². The van der Waals surface area contributed by atoms with E-state index in [9.17, 15) is 4.79 Å². The molecule has 2 heterocycles. The Bertz CT molecular complexity index is 966. The van der Waals surface area contributed by atoms with E-state index in [1.165, 1.54) is 5.56 Å². The van der Waals surface area contributed by atoms with Gasteiger partial charge >= 0.3 is 0 Å². The number of ether oxygens (including phenoxy) is 1. The van der Waals surface area contributed by atoms with Gasteiger partial charge in [-0.15, -0.1) is 0 Å². The lowest BCUT2D eigenvalue weighted by Crippen LogP contribution is -2.45. The van der Waals surface area contributed by atoms with Crippen LogP contribution >= 0.6 is 0 Å². The molecule has 3 aromatic rings. The van der Waals surface area contributed by atoms with Crippen molar-refractivity contribution >= 4 is 16.8 Å². The Hall–Kier alpha value is -2.72. The van der Waals surface area contributed by atoms with Crippen molar-refractivity contribution < 1.29 is 9.53 Å². The van der Waals surface area contributed by atoms with Crippen LogP contribution in [0.3, 0.4) is 0 Å². The number of nitrogens with zero attached hydrogens (tertiary/aromatic N) is 2. The molecule has 1 saturated heterocycles. The Morgan fingerprint density at radius 2 is 1.96 bits per heavy atom. The van der Waals surface area contributed by atoms with Crippen molar-refractivity contribution in [3.63, 3.8) is 0 Å². The van der Waals surface area contributed by atoms with Crippen LogP contribution in [0.4, 0.5) is 0 Å². The van der Waals surface area contributed by atoms with E-state index < -0.39 is 0 Å². The quantitative estimate of drug-likeness (QED) is 0.692. The molecule has 27 heavy (non-hydrogen) atoms. The molecule has 0 bridgehead atoms. The molecule has 1 aliphatic heterocycles. The number of para-hydroxylation sites is 1. The van der Waals surface area contributed by atoms with Gasteiger partial charge in [0.05, 0.1) is 29.5 Å². The molecule has 0 radical (unpaired) electrons. The Labute approximate surface area is 159 Å². The zero-order valence-electron chi connectivity index (χ0n) is 15.8. The molecule has 1 aliphatic rings. The predicted octanol–water partition coefficient (Wildman–Crippen LogP) is 4.46. The molecule has 4 rings (SSSR count). The van der Waals surface area contributed by atoms with E-state index >= 15 is 0 Å². The zero-order chi connectivity index (χ0) is 18.8. The molecule has 1 fully saturated rings. The molecule has 0 spiro atoms.